The molecular weight excluding hydrogens is 480 g/mol. The summed E-state index contributed by atoms with van der Waals surface area (Å²) in [5, 5.41) is 13.2. The van der Waals surface area contributed by atoms with Crippen LogP contribution >= 0.6 is 0 Å². The van der Waals surface area contributed by atoms with E-state index in [1.165, 1.54) is 23.1 Å². The third-order valence-electron chi connectivity index (χ3n) is 9.56. The Kier molecular flexibility index (Phi) is 7.18. The van der Waals surface area contributed by atoms with Crippen LogP contribution in [0, 0.1) is 11.8 Å². The fourth-order valence-electron chi connectivity index (χ4n) is 7.13. The van der Waals surface area contributed by atoms with Gasteiger partial charge in [0.2, 0.25) is 0 Å². The van der Waals surface area contributed by atoms with Gasteiger partial charge in [-0.05, 0) is 69.8 Å². The second kappa shape index (κ2) is 10.1. The van der Waals surface area contributed by atoms with Crippen LogP contribution in [0.4, 0.5) is 0 Å². The monoisotopic (exact) mass is 527 g/mol. The lowest BCUT2D eigenvalue weighted by Crippen LogP contribution is -2.67. The SMILES string of the molecule is C=C[C@H]1C[N+]2(Cc3cc(C(C)(C)C)cc(C(C)(C)C)c3)CC[C@H]1C[C@H]2[C@H](O)c1ccnc2ccc(OC)cc12. The molecule has 3 aromatic rings. The van der Waals surface area contributed by atoms with Crippen LogP contribution in [0.2, 0.25) is 0 Å². The molecule has 0 spiro atoms. The summed E-state index contributed by atoms with van der Waals surface area (Å²) >= 11 is 0. The summed E-state index contributed by atoms with van der Waals surface area (Å²) in [5.74, 6) is 1.86. The fraction of sp³-hybridized carbons (Fsp3) is 0.514. The molecule has 4 heteroatoms. The summed E-state index contributed by atoms with van der Waals surface area (Å²) in [6.07, 6.45) is 5.64. The lowest BCUT2D eigenvalue weighted by Gasteiger charge is -2.58. The zero-order valence-electron chi connectivity index (χ0n) is 25.0. The van der Waals surface area contributed by atoms with Gasteiger partial charge in [-0.1, -0.05) is 53.7 Å². The molecular formula is C35H47N2O2+. The first-order chi connectivity index (χ1) is 18.3. The first-order valence-electron chi connectivity index (χ1n) is 14.6. The molecule has 3 aliphatic rings. The van der Waals surface area contributed by atoms with Crippen LogP contribution < -0.4 is 4.74 Å². The average molecular weight is 528 g/mol. The van der Waals surface area contributed by atoms with Crippen molar-refractivity contribution in [1.29, 1.82) is 0 Å². The highest BCUT2D eigenvalue weighted by molar-refractivity contribution is 5.83. The van der Waals surface area contributed by atoms with E-state index in [1.54, 1.807) is 7.11 Å². The minimum atomic E-state index is -0.580. The maximum Gasteiger partial charge on any atom is 0.131 e. The van der Waals surface area contributed by atoms with E-state index in [4.69, 9.17) is 4.74 Å². The van der Waals surface area contributed by atoms with Crippen LogP contribution in [0.15, 0.2) is 61.3 Å². The third-order valence-corrected chi connectivity index (χ3v) is 9.56. The number of rotatable bonds is 6. The highest BCUT2D eigenvalue weighted by atomic mass is 16.5. The van der Waals surface area contributed by atoms with Crippen molar-refractivity contribution in [1.82, 2.24) is 4.98 Å². The molecule has 39 heavy (non-hydrogen) atoms. The molecule has 1 unspecified atom stereocenters. The Morgan fingerprint density at radius 2 is 1.74 bits per heavy atom. The van der Waals surface area contributed by atoms with E-state index in [-0.39, 0.29) is 16.9 Å². The molecule has 1 N–H and O–H groups in total. The number of methoxy groups -OCH3 is 1. The fourth-order valence-corrected chi connectivity index (χ4v) is 7.13. The Morgan fingerprint density at radius 3 is 2.36 bits per heavy atom. The van der Waals surface area contributed by atoms with Crippen LogP contribution in [0.3, 0.4) is 0 Å². The number of aliphatic hydroxyl groups is 1. The normalized spacial score (nSPS) is 26.0. The van der Waals surface area contributed by atoms with Crippen molar-refractivity contribution in [3.05, 3.63) is 83.6 Å². The molecule has 3 aliphatic heterocycles. The largest absolute Gasteiger partial charge is 0.497 e. The summed E-state index contributed by atoms with van der Waals surface area (Å²) in [5.41, 5.74) is 6.16. The van der Waals surface area contributed by atoms with Gasteiger partial charge in [0.05, 0.1) is 25.7 Å². The van der Waals surface area contributed by atoms with E-state index in [0.717, 1.165) is 52.8 Å². The van der Waals surface area contributed by atoms with Crippen molar-refractivity contribution < 1.29 is 14.3 Å². The van der Waals surface area contributed by atoms with Gasteiger partial charge in [-0.25, -0.2) is 0 Å². The molecule has 3 saturated heterocycles. The second-order valence-electron chi connectivity index (χ2n) is 14.2. The lowest BCUT2D eigenvalue weighted by atomic mass is 9.71. The van der Waals surface area contributed by atoms with E-state index < -0.39 is 6.10 Å². The van der Waals surface area contributed by atoms with Gasteiger partial charge >= 0.3 is 0 Å². The molecule has 6 rings (SSSR count). The number of fused-ring (bicyclic) bond motifs is 4. The van der Waals surface area contributed by atoms with Crippen molar-refractivity contribution in [2.24, 2.45) is 11.8 Å². The van der Waals surface area contributed by atoms with Crippen LogP contribution in [0.5, 0.6) is 5.75 Å². The van der Waals surface area contributed by atoms with E-state index in [9.17, 15) is 5.11 Å². The average Bonchev–Trinajstić information content (AvgIpc) is 2.90. The number of aliphatic hydroxyl groups excluding tert-OH is 1. The Bertz CT molecular complexity index is 1330. The highest BCUT2D eigenvalue weighted by Crippen LogP contribution is 2.48. The van der Waals surface area contributed by atoms with Gasteiger partial charge in [-0.15, -0.1) is 6.58 Å². The zero-order chi connectivity index (χ0) is 28.2. The summed E-state index contributed by atoms with van der Waals surface area (Å²) in [6, 6.07) is 15.3. The summed E-state index contributed by atoms with van der Waals surface area (Å²) in [6.45, 7) is 21.1. The van der Waals surface area contributed by atoms with Crippen molar-refractivity contribution >= 4 is 10.9 Å². The molecule has 4 heterocycles. The predicted octanol–water partition coefficient (Wildman–Crippen LogP) is 7.48. The molecule has 3 fully saturated rings. The quantitative estimate of drug-likeness (QED) is 0.267. The Labute approximate surface area is 235 Å². The van der Waals surface area contributed by atoms with E-state index >= 15 is 0 Å². The van der Waals surface area contributed by atoms with E-state index in [0.29, 0.717) is 11.8 Å². The molecule has 1 aromatic heterocycles. The number of ether oxygens (including phenoxy) is 1. The summed E-state index contributed by atoms with van der Waals surface area (Å²) < 4.78 is 6.43. The van der Waals surface area contributed by atoms with E-state index in [2.05, 4.69) is 77.4 Å². The topological polar surface area (TPSA) is 42.4 Å². The molecule has 208 valence electrons. The molecule has 5 atom stereocenters. The van der Waals surface area contributed by atoms with Gasteiger partial charge < -0.3 is 14.3 Å². The lowest BCUT2D eigenvalue weighted by molar-refractivity contribution is -0.984. The standard InChI is InChI=1S/C35H47N2O2/c1-9-24-22-37(21-23-16-26(34(2,3)4)19-27(17-23)35(5,6)7)15-13-25(24)18-32(37)33(38)29-12-14-36-31-11-10-28(39-8)20-30(29)31/h9-12,14,16-17,19-20,24-25,32-33,38H,1,13,15,18,21-22H2,2-8H3/q+1/t24-,25-,32-,33+,37?/m0/s1. The number of pyridine rings is 1. The number of quaternary nitrogens is 1. The second-order valence-corrected chi connectivity index (χ2v) is 14.2. The minimum Gasteiger partial charge on any atom is -0.497 e. The van der Waals surface area contributed by atoms with Crippen LogP contribution in [-0.2, 0) is 17.4 Å². The molecule has 0 aliphatic carbocycles. The molecule has 0 saturated carbocycles. The predicted molar refractivity (Wildman–Crippen MR) is 161 cm³/mol. The summed E-state index contributed by atoms with van der Waals surface area (Å²) in [4.78, 5) is 4.58. The Morgan fingerprint density at radius 1 is 1.05 bits per heavy atom. The number of benzene rings is 2. The summed E-state index contributed by atoms with van der Waals surface area (Å²) in [7, 11) is 1.69. The van der Waals surface area contributed by atoms with Crippen LogP contribution in [-0.4, -0.2) is 40.8 Å². The molecule has 0 amide bonds. The van der Waals surface area contributed by atoms with Gasteiger partial charge in [-0.3, -0.25) is 4.98 Å². The van der Waals surface area contributed by atoms with Gasteiger partial charge in [0, 0.05) is 35.9 Å². The molecule has 4 nitrogen and oxygen atoms in total. The minimum absolute atomic E-state index is 0.0719. The van der Waals surface area contributed by atoms with E-state index in [1.807, 2.05) is 30.5 Å². The van der Waals surface area contributed by atoms with Crippen molar-refractivity contribution in [2.75, 3.05) is 20.2 Å². The number of aromatic nitrogens is 1. The Balaban J connectivity index is 1.60. The van der Waals surface area contributed by atoms with Gasteiger partial charge in [0.15, 0.2) is 0 Å². The Hall–Kier alpha value is -2.69. The smallest absolute Gasteiger partial charge is 0.131 e. The van der Waals surface area contributed by atoms with Crippen molar-refractivity contribution in [2.45, 2.75) is 83.9 Å². The molecule has 0 radical (unpaired) electrons. The molecule has 2 aromatic carbocycles. The third kappa shape index (κ3) is 5.26. The highest BCUT2D eigenvalue weighted by Gasteiger charge is 2.54. The van der Waals surface area contributed by atoms with Crippen LogP contribution in [0.25, 0.3) is 10.9 Å². The number of nitrogens with zero attached hydrogens (tertiary/aromatic N) is 2. The number of piperidine rings is 3. The van der Waals surface area contributed by atoms with Gasteiger partial charge in [0.25, 0.3) is 0 Å². The number of hydrogen-bond donors (Lipinski definition) is 1. The van der Waals surface area contributed by atoms with Crippen molar-refractivity contribution in [3.63, 3.8) is 0 Å². The maximum absolute atomic E-state index is 12.2. The van der Waals surface area contributed by atoms with Crippen molar-refractivity contribution in [3.8, 4) is 5.75 Å². The van der Waals surface area contributed by atoms with Gasteiger partial charge in [-0.2, -0.15) is 0 Å². The maximum atomic E-state index is 12.2. The number of hydrogen-bond acceptors (Lipinski definition) is 3. The zero-order valence-corrected chi connectivity index (χ0v) is 25.0. The molecule has 2 bridgehead atoms. The first-order valence-corrected chi connectivity index (χ1v) is 14.6. The van der Waals surface area contributed by atoms with Crippen LogP contribution in [0.1, 0.15) is 82.7 Å². The van der Waals surface area contributed by atoms with Gasteiger partial charge in [0.1, 0.15) is 24.4 Å². The first kappa shape index (κ1) is 27.9.